The standard InChI is InChI=1S/C17H16FN7/c18-14-11-20-17(21-12-14)25-9-7-24(8-10-25)16-2-1-15(22-23-16)13-3-5-19-6-4-13/h1-6,11-12H,7-10H2. The van der Waals surface area contributed by atoms with Gasteiger partial charge in [0.2, 0.25) is 5.95 Å². The predicted molar refractivity (Wildman–Crippen MR) is 91.7 cm³/mol. The molecule has 3 aromatic rings. The molecule has 1 aliphatic heterocycles. The van der Waals surface area contributed by atoms with Crippen LogP contribution >= 0.6 is 0 Å². The van der Waals surface area contributed by atoms with Crippen LogP contribution in [-0.4, -0.2) is 51.3 Å². The van der Waals surface area contributed by atoms with Crippen molar-refractivity contribution in [3.8, 4) is 11.3 Å². The first-order chi connectivity index (χ1) is 12.3. The molecular weight excluding hydrogens is 321 g/mol. The number of pyridine rings is 1. The summed E-state index contributed by atoms with van der Waals surface area (Å²) in [6, 6.07) is 7.76. The van der Waals surface area contributed by atoms with Crippen molar-refractivity contribution < 1.29 is 4.39 Å². The number of hydrogen-bond acceptors (Lipinski definition) is 7. The van der Waals surface area contributed by atoms with Crippen LogP contribution in [0.3, 0.4) is 0 Å². The molecule has 4 rings (SSSR count). The Morgan fingerprint density at radius 2 is 1.48 bits per heavy atom. The summed E-state index contributed by atoms with van der Waals surface area (Å²) in [7, 11) is 0. The quantitative estimate of drug-likeness (QED) is 0.721. The largest absolute Gasteiger partial charge is 0.352 e. The molecular formula is C17H16FN7. The van der Waals surface area contributed by atoms with Crippen LogP contribution < -0.4 is 9.80 Å². The van der Waals surface area contributed by atoms with Gasteiger partial charge in [-0.3, -0.25) is 4.98 Å². The van der Waals surface area contributed by atoms with Crippen LogP contribution in [0.4, 0.5) is 16.2 Å². The zero-order valence-electron chi connectivity index (χ0n) is 13.5. The third-order valence-corrected chi connectivity index (χ3v) is 4.12. The van der Waals surface area contributed by atoms with Gasteiger partial charge in [0.05, 0.1) is 18.1 Å². The van der Waals surface area contributed by atoms with E-state index in [1.807, 2.05) is 29.2 Å². The summed E-state index contributed by atoms with van der Waals surface area (Å²) in [4.78, 5) is 16.3. The molecule has 25 heavy (non-hydrogen) atoms. The second-order valence-corrected chi connectivity index (χ2v) is 5.69. The Kier molecular flexibility index (Phi) is 4.16. The van der Waals surface area contributed by atoms with E-state index in [2.05, 4.69) is 30.0 Å². The third-order valence-electron chi connectivity index (χ3n) is 4.12. The summed E-state index contributed by atoms with van der Waals surface area (Å²) < 4.78 is 12.9. The molecule has 0 aromatic carbocycles. The van der Waals surface area contributed by atoms with E-state index in [0.717, 1.165) is 43.3 Å². The normalized spacial score (nSPS) is 14.6. The molecule has 0 saturated carbocycles. The fourth-order valence-corrected chi connectivity index (χ4v) is 2.77. The Labute approximate surface area is 144 Å². The van der Waals surface area contributed by atoms with Crippen LogP contribution in [0.15, 0.2) is 49.1 Å². The molecule has 0 aliphatic carbocycles. The minimum absolute atomic E-state index is 0.424. The van der Waals surface area contributed by atoms with Gasteiger partial charge in [0.25, 0.3) is 0 Å². The number of rotatable bonds is 3. The number of piperazine rings is 1. The molecule has 0 amide bonds. The molecule has 0 unspecified atom stereocenters. The molecule has 1 saturated heterocycles. The van der Waals surface area contributed by atoms with E-state index < -0.39 is 5.82 Å². The molecule has 0 radical (unpaired) electrons. The van der Waals surface area contributed by atoms with Gasteiger partial charge >= 0.3 is 0 Å². The molecule has 7 nitrogen and oxygen atoms in total. The third kappa shape index (κ3) is 3.37. The lowest BCUT2D eigenvalue weighted by atomic mass is 10.2. The Bertz CT molecular complexity index is 816. The zero-order chi connectivity index (χ0) is 17.1. The lowest BCUT2D eigenvalue weighted by Gasteiger charge is -2.35. The van der Waals surface area contributed by atoms with Gasteiger partial charge in [-0.25, -0.2) is 14.4 Å². The second-order valence-electron chi connectivity index (χ2n) is 5.69. The highest BCUT2D eigenvalue weighted by Gasteiger charge is 2.20. The molecule has 4 heterocycles. The molecule has 3 aromatic heterocycles. The first-order valence-corrected chi connectivity index (χ1v) is 8.01. The van der Waals surface area contributed by atoms with Crippen molar-refractivity contribution in [1.29, 1.82) is 0 Å². The van der Waals surface area contributed by atoms with Crippen molar-refractivity contribution in [3.63, 3.8) is 0 Å². The molecule has 0 spiro atoms. The van der Waals surface area contributed by atoms with E-state index in [1.165, 1.54) is 12.4 Å². The Morgan fingerprint density at radius 1 is 0.800 bits per heavy atom. The Hall–Kier alpha value is -3.16. The maximum Gasteiger partial charge on any atom is 0.225 e. The van der Waals surface area contributed by atoms with Crippen LogP contribution in [0, 0.1) is 5.82 Å². The first-order valence-electron chi connectivity index (χ1n) is 8.01. The Balaban J connectivity index is 1.41. The minimum atomic E-state index is -0.424. The van der Waals surface area contributed by atoms with Gasteiger partial charge in [0.1, 0.15) is 0 Å². The summed E-state index contributed by atoms with van der Waals surface area (Å²) in [6.07, 6.45) is 5.86. The molecule has 126 valence electrons. The van der Waals surface area contributed by atoms with Crippen molar-refractivity contribution in [1.82, 2.24) is 25.1 Å². The molecule has 0 atom stereocenters. The summed E-state index contributed by atoms with van der Waals surface area (Å²) in [5.74, 6) is 0.976. The van der Waals surface area contributed by atoms with Gasteiger partial charge < -0.3 is 9.80 Å². The summed E-state index contributed by atoms with van der Waals surface area (Å²) in [6.45, 7) is 3.06. The van der Waals surface area contributed by atoms with Crippen LogP contribution in [0.5, 0.6) is 0 Å². The maximum absolute atomic E-state index is 12.9. The van der Waals surface area contributed by atoms with Gasteiger partial charge in [-0.2, -0.15) is 0 Å². The van der Waals surface area contributed by atoms with Crippen LogP contribution in [-0.2, 0) is 0 Å². The van der Waals surface area contributed by atoms with Crippen molar-refractivity contribution >= 4 is 11.8 Å². The highest BCUT2D eigenvalue weighted by Crippen LogP contribution is 2.19. The zero-order valence-corrected chi connectivity index (χ0v) is 13.5. The van der Waals surface area contributed by atoms with Gasteiger partial charge in [0.15, 0.2) is 11.6 Å². The average Bonchev–Trinajstić information content (AvgIpc) is 2.70. The fraction of sp³-hybridized carbons (Fsp3) is 0.235. The van der Waals surface area contributed by atoms with Crippen LogP contribution in [0.2, 0.25) is 0 Å². The summed E-state index contributed by atoms with van der Waals surface area (Å²) in [5.41, 5.74) is 1.82. The van der Waals surface area contributed by atoms with Crippen molar-refractivity contribution in [3.05, 3.63) is 54.9 Å². The summed E-state index contributed by atoms with van der Waals surface area (Å²) in [5, 5.41) is 8.66. The fourth-order valence-electron chi connectivity index (χ4n) is 2.77. The van der Waals surface area contributed by atoms with E-state index in [-0.39, 0.29) is 0 Å². The van der Waals surface area contributed by atoms with Crippen molar-refractivity contribution in [2.45, 2.75) is 0 Å². The topological polar surface area (TPSA) is 70.9 Å². The molecule has 1 aliphatic rings. The molecule has 8 heteroatoms. The van der Waals surface area contributed by atoms with E-state index in [4.69, 9.17) is 0 Å². The summed E-state index contributed by atoms with van der Waals surface area (Å²) >= 11 is 0. The molecule has 0 N–H and O–H groups in total. The van der Waals surface area contributed by atoms with Crippen molar-refractivity contribution in [2.75, 3.05) is 36.0 Å². The van der Waals surface area contributed by atoms with Gasteiger partial charge in [-0.15, -0.1) is 10.2 Å². The number of halogens is 1. The smallest absolute Gasteiger partial charge is 0.225 e. The van der Waals surface area contributed by atoms with E-state index >= 15 is 0 Å². The first kappa shape index (κ1) is 15.4. The van der Waals surface area contributed by atoms with E-state index in [1.54, 1.807) is 12.4 Å². The van der Waals surface area contributed by atoms with Gasteiger partial charge in [0, 0.05) is 44.1 Å². The van der Waals surface area contributed by atoms with Crippen LogP contribution in [0.25, 0.3) is 11.3 Å². The molecule has 1 fully saturated rings. The van der Waals surface area contributed by atoms with E-state index in [9.17, 15) is 4.39 Å². The highest BCUT2D eigenvalue weighted by molar-refractivity contribution is 5.59. The maximum atomic E-state index is 12.9. The molecule has 0 bridgehead atoms. The lowest BCUT2D eigenvalue weighted by molar-refractivity contribution is 0.601. The predicted octanol–water partition coefficient (Wildman–Crippen LogP) is 1.79. The Morgan fingerprint density at radius 3 is 2.12 bits per heavy atom. The number of aromatic nitrogens is 5. The van der Waals surface area contributed by atoms with E-state index in [0.29, 0.717) is 5.95 Å². The average molecular weight is 337 g/mol. The highest BCUT2D eigenvalue weighted by atomic mass is 19.1. The van der Waals surface area contributed by atoms with Crippen molar-refractivity contribution in [2.24, 2.45) is 0 Å². The van der Waals surface area contributed by atoms with Gasteiger partial charge in [-0.1, -0.05) is 0 Å². The minimum Gasteiger partial charge on any atom is -0.352 e. The number of hydrogen-bond donors (Lipinski definition) is 0. The van der Waals surface area contributed by atoms with Gasteiger partial charge in [-0.05, 0) is 24.3 Å². The number of anilines is 2. The lowest BCUT2D eigenvalue weighted by Crippen LogP contribution is -2.47. The monoisotopic (exact) mass is 337 g/mol. The SMILES string of the molecule is Fc1cnc(N2CCN(c3ccc(-c4ccncc4)nn3)CC2)nc1. The van der Waals surface area contributed by atoms with Crippen LogP contribution in [0.1, 0.15) is 0 Å². The second kappa shape index (κ2) is 6.76. The number of nitrogens with zero attached hydrogens (tertiary/aromatic N) is 7.